The molecule has 1 saturated heterocycles. The number of morpholine rings is 1. The van der Waals surface area contributed by atoms with Crippen LogP contribution in [-0.4, -0.2) is 53.9 Å². The second-order valence-corrected chi connectivity index (χ2v) is 7.61. The van der Waals surface area contributed by atoms with Crippen molar-refractivity contribution in [3.05, 3.63) is 83.4 Å². The van der Waals surface area contributed by atoms with Gasteiger partial charge in [0.1, 0.15) is 11.9 Å². The summed E-state index contributed by atoms with van der Waals surface area (Å²) < 4.78 is 20.9. The molecule has 3 aromatic rings. The van der Waals surface area contributed by atoms with Crippen LogP contribution in [-0.2, 0) is 11.2 Å². The van der Waals surface area contributed by atoms with Crippen LogP contribution in [0.2, 0.25) is 0 Å². The van der Waals surface area contributed by atoms with Crippen molar-refractivity contribution in [3.63, 3.8) is 0 Å². The van der Waals surface area contributed by atoms with E-state index in [1.54, 1.807) is 16.8 Å². The standard InChI is InChI=1S/C24H28FN5O.HI/c1-18-5-3-4-6-22(18)23-17-29(15-16-31-23)24(26-2)27-13-11-20-12-14-30(28-20)21-9-7-19(25)8-10-21;/h3-10,12,14,23H,11,13,15-17H2,1-2H3,(H,26,27);1H. The lowest BCUT2D eigenvalue weighted by Gasteiger charge is -2.35. The van der Waals surface area contributed by atoms with Gasteiger partial charge in [0, 0.05) is 32.8 Å². The molecule has 4 rings (SSSR count). The van der Waals surface area contributed by atoms with Crippen molar-refractivity contribution in [2.24, 2.45) is 4.99 Å². The molecule has 0 bridgehead atoms. The lowest BCUT2D eigenvalue weighted by Crippen LogP contribution is -2.48. The quantitative estimate of drug-likeness (QED) is 0.296. The summed E-state index contributed by atoms with van der Waals surface area (Å²) in [7, 11) is 1.81. The van der Waals surface area contributed by atoms with Crippen LogP contribution in [0.4, 0.5) is 4.39 Å². The largest absolute Gasteiger partial charge is 0.370 e. The summed E-state index contributed by atoms with van der Waals surface area (Å²) in [6, 6.07) is 16.7. The number of benzene rings is 2. The predicted octanol–water partition coefficient (Wildman–Crippen LogP) is 4.13. The van der Waals surface area contributed by atoms with Crippen LogP contribution < -0.4 is 5.32 Å². The summed E-state index contributed by atoms with van der Waals surface area (Å²) in [4.78, 5) is 6.72. The molecule has 170 valence electrons. The van der Waals surface area contributed by atoms with Gasteiger partial charge >= 0.3 is 0 Å². The van der Waals surface area contributed by atoms with E-state index in [-0.39, 0.29) is 35.9 Å². The van der Waals surface area contributed by atoms with E-state index >= 15 is 0 Å². The number of guanidine groups is 1. The molecule has 1 fully saturated rings. The Morgan fingerprint density at radius 1 is 1.19 bits per heavy atom. The number of rotatable bonds is 5. The lowest BCUT2D eigenvalue weighted by atomic mass is 10.0. The number of aliphatic imine (C=N–C) groups is 1. The van der Waals surface area contributed by atoms with Gasteiger partial charge in [0.05, 0.1) is 24.5 Å². The van der Waals surface area contributed by atoms with E-state index in [1.165, 1.54) is 23.3 Å². The average molecular weight is 549 g/mol. The van der Waals surface area contributed by atoms with Crippen LogP contribution in [0.3, 0.4) is 0 Å². The van der Waals surface area contributed by atoms with Crippen LogP contribution >= 0.6 is 24.0 Å². The molecule has 1 aliphatic heterocycles. The number of hydrogen-bond acceptors (Lipinski definition) is 3. The summed E-state index contributed by atoms with van der Waals surface area (Å²) in [5.74, 6) is 0.624. The molecule has 1 unspecified atom stereocenters. The molecule has 0 amide bonds. The van der Waals surface area contributed by atoms with Crippen molar-refractivity contribution < 1.29 is 9.13 Å². The Balaban J connectivity index is 0.00000289. The second kappa shape index (κ2) is 11.4. The zero-order valence-corrected chi connectivity index (χ0v) is 20.7. The van der Waals surface area contributed by atoms with Crippen molar-refractivity contribution >= 4 is 29.9 Å². The molecule has 2 aromatic carbocycles. The summed E-state index contributed by atoms with van der Waals surface area (Å²) in [6.07, 6.45) is 2.70. The first-order chi connectivity index (χ1) is 15.1. The number of halogens is 2. The van der Waals surface area contributed by atoms with Crippen molar-refractivity contribution in [2.75, 3.05) is 33.3 Å². The summed E-state index contributed by atoms with van der Waals surface area (Å²) in [5.41, 5.74) is 4.28. The van der Waals surface area contributed by atoms with Crippen LogP contribution in [0.1, 0.15) is 22.9 Å². The maximum Gasteiger partial charge on any atom is 0.193 e. The van der Waals surface area contributed by atoms with Crippen LogP contribution in [0, 0.1) is 12.7 Å². The molecular formula is C24H29FIN5O. The Kier molecular flexibility index (Phi) is 8.63. The van der Waals surface area contributed by atoms with E-state index < -0.39 is 0 Å². The van der Waals surface area contributed by atoms with E-state index in [0.29, 0.717) is 6.61 Å². The first-order valence-corrected chi connectivity index (χ1v) is 10.6. The molecule has 6 nitrogen and oxygen atoms in total. The lowest BCUT2D eigenvalue weighted by molar-refractivity contribution is -0.00829. The Morgan fingerprint density at radius 2 is 1.97 bits per heavy atom. The van der Waals surface area contributed by atoms with Gasteiger partial charge < -0.3 is 15.0 Å². The Labute approximate surface area is 205 Å². The highest BCUT2D eigenvalue weighted by Crippen LogP contribution is 2.25. The number of nitrogens with zero attached hydrogens (tertiary/aromatic N) is 4. The average Bonchev–Trinajstić information content (AvgIpc) is 3.26. The maximum absolute atomic E-state index is 13.1. The summed E-state index contributed by atoms with van der Waals surface area (Å²) in [5, 5.41) is 8.04. The molecule has 0 saturated carbocycles. The molecule has 1 N–H and O–H groups in total. The normalized spacial score (nSPS) is 16.5. The molecule has 2 heterocycles. The smallest absolute Gasteiger partial charge is 0.193 e. The van der Waals surface area contributed by atoms with E-state index in [0.717, 1.165) is 43.4 Å². The highest BCUT2D eigenvalue weighted by molar-refractivity contribution is 14.0. The fourth-order valence-electron chi connectivity index (χ4n) is 3.85. The molecule has 1 aliphatic rings. The highest BCUT2D eigenvalue weighted by atomic mass is 127. The van der Waals surface area contributed by atoms with Gasteiger partial charge in [-0.1, -0.05) is 24.3 Å². The van der Waals surface area contributed by atoms with Gasteiger partial charge in [-0.2, -0.15) is 5.10 Å². The fraction of sp³-hybridized carbons (Fsp3) is 0.333. The third-order valence-electron chi connectivity index (χ3n) is 5.51. The maximum atomic E-state index is 13.1. The molecule has 0 radical (unpaired) electrons. The van der Waals surface area contributed by atoms with Crippen molar-refractivity contribution in [1.29, 1.82) is 0 Å². The molecule has 1 aromatic heterocycles. The molecular weight excluding hydrogens is 520 g/mol. The first kappa shape index (κ1) is 24.2. The third kappa shape index (κ3) is 5.86. The predicted molar refractivity (Wildman–Crippen MR) is 135 cm³/mol. The highest BCUT2D eigenvalue weighted by Gasteiger charge is 2.25. The van der Waals surface area contributed by atoms with Crippen LogP contribution in [0.15, 0.2) is 65.8 Å². The minimum Gasteiger partial charge on any atom is -0.370 e. The number of nitrogens with one attached hydrogen (secondary N) is 1. The monoisotopic (exact) mass is 549 g/mol. The number of hydrogen-bond donors (Lipinski definition) is 1. The van der Waals surface area contributed by atoms with Gasteiger partial charge in [0.25, 0.3) is 0 Å². The molecule has 8 heteroatoms. The molecule has 0 spiro atoms. The minimum atomic E-state index is -0.250. The molecule has 0 aliphatic carbocycles. The van der Waals surface area contributed by atoms with Crippen molar-refractivity contribution in [2.45, 2.75) is 19.4 Å². The number of aromatic nitrogens is 2. The van der Waals surface area contributed by atoms with Crippen molar-refractivity contribution in [1.82, 2.24) is 20.0 Å². The molecule has 1 atom stereocenters. The van der Waals surface area contributed by atoms with Gasteiger partial charge in [-0.25, -0.2) is 9.07 Å². The Hall–Kier alpha value is -2.46. The third-order valence-corrected chi connectivity index (χ3v) is 5.51. The van der Waals surface area contributed by atoms with Gasteiger partial charge in [-0.3, -0.25) is 4.99 Å². The van der Waals surface area contributed by atoms with E-state index in [9.17, 15) is 4.39 Å². The van der Waals surface area contributed by atoms with Crippen LogP contribution in [0.5, 0.6) is 0 Å². The van der Waals surface area contributed by atoms with E-state index in [1.807, 2.05) is 19.3 Å². The summed E-state index contributed by atoms with van der Waals surface area (Å²) >= 11 is 0. The Bertz CT molecular complexity index is 1040. The first-order valence-electron chi connectivity index (χ1n) is 10.6. The van der Waals surface area contributed by atoms with Gasteiger partial charge in [-0.05, 0) is 48.4 Å². The van der Waals surface area contributed by atoms with Gasteiger partial charge in [0.2, 0.25) is 0 Å². The Morgan fingerprint density at radius 3 is 2.72 bits per heavy atom. The SMILES string of the molecule is CN=C(NCCc1ccn(-c2ccc(F)cc2)n1)N1CCOC(c2ccccc2C)C1.I. The fourth-order valence-corrected chi connectivity index (χ4v) is 3.85. The zero-order valence-electron chi connectivity index (χ0n) is 18.4. The van der Waals surface area contributed by atoms with Crippen molar-refractivity contribution in [3.8, 4) is 5.69 Å². The minimum absolute atomic E-state index is 0. The zero-order chi connectivity index (χ0) is 21.6. The van der Waals surface area contributed by atoms with Crippen LogP contribution in [0.25, 0.3) is 5.69 Å². The topological polar surface area (TPSA) is 54.7 Å². The summed E-state index contributed by atoms with van der Waals surface area (Å²) in [6.45, 7) is 5.09. The second-order valence-electron chi connectivity index (χ2n) is 7.61. The van der Waals surface area contributed by atoms with E-state index in [2.05, 4.69) is 51.5 Å². The number of aryl methyl sites for hydroxylation is 1. The van der Waals surface area contributed by atoms with Gasteiger partial charge in [0.15, 0.2) is 5.96 Å². The molecule has 32 heavy (non-hydrogen) atoms. The number of ether oxygens (including phenoxy) is 1. The van der Waals surface area contributed by atoms with Gasteiger partial charge in [-0.15, -0.1) is 24.0 Å². The van der Waals surface area contributed by atoms with E-state index in [4.69, 9.17) is 4.74 Å².